The Morgan fingerprint density at radius 1 is 1.62 bits per heavy atom. The quantitative estimate of drug-likeness (QED) is 0.848. The number of hydrogen-bond donors (Lipinski definition) is 2. The zero-order valence-corrected chi connectivity index (χ0v) is 9.00. The van der Waals surface area contributed by atoms with E-state index in [0.29, 0.717) is 5.02 Å². The zero-order chi connectivity index (χ0) is 9.14. The highest BCUT2D eigenvalue weighted by molar-refractivity contribution is 8.93. The Morgan fingerprint density at radius 3 is 2.77 bits per heavy atom. The Balaban J connectivity index is 0.00000144. The number of carboxylic acid groups (broad SMARTS) is 1. The topological polar surface area (TPSA) is 66.1 Å². The largest absolute Gasteiger partial charge is 0.480 e. The summed E-state index contributed by atoms with van der Waals surface area (Å²) in [5.41, 5.74) is 0.127. The minimum Gasteiger partial charge on any atom is -0.480 e. The van der Waals surface area contributed by atoms with Gasteiger partial charge in [0.2, 0.25) is 0 Å². The first kappa shape index (κ1) is 12.2. The number of aliphatic carboxylic acids is 1. The van der Waals surface area contributed by atoms with Crippen LogP contribution < -0.4 is 5.49 Å². The van der Waals surface area contributed by atoms with E-state index in [2.05, 4.69) is 0 Å². The number of rotatable bonds is 2. The maximum absolute atomic E-state index is 10.3. The molecule has 0 fully saturated rings. The van der Waals surface area contributed by atoms with E-state index in [0.717, 1.165) is 0 Å². The number of carbonyl (C=O) groups is 1. The number of halogens is 2. The van der Waals surface area contributed by atoms with Crippen molar-refractivity contribution >= 4 is 34.6 Å². The van der Waals surface area contributed by atoms with Crippen LogP contribution in [-0.2, 0) is 11.3 Å². The van der Waals surface area contributed by atoms with Gasteiger partial charge in [0, 0.05) is 6.20 Å². The molecule has 0 atom stereocenters. The van der Waals surface area contributed by atoms with Gasteiger partial charge in [0.1, 0.15) is 12.0 Å². The van der Waals surface area contributed by atoms with Crippen LogP contribution in [0, 0.1) is 5.41 Å². The summed E-state index contributed by atoms with van der Waals surface area (Å²) in [6, 6.07) is 2.99. The Morgan fingerprint density at radius 2 is 2.23 bits per heavy atom. The number of aromatic nitrogens is 1. The van der Waals surface area contributed by atoms with Crippen molar-refractivity contribution in [1.82, 2.24) is 4.57 Å². The molecule has 2 N–H and O–H groups in total. The molecule has 0 aliphatic carbocycles. The summed E-state index contributed by atoms with van der Waals surface area (Å²) in [4.78, 5) is 10.3. The summed E-state index contributed by atoms with van der Waals surface area (Å²) in [5, 5.41) is 16.2. The molecular weight excluding hydrogens is 259 g/mol. The van der Waals surface area contributed by atoms with Gasteiger partial charge in [0.25, 0.3) is 0 Å². The van der Waals surface area contributed by atoms with Crippen LogP contribution in [0.25, 0.3) is 0 Å². The van der Waals surface area contributed by atoms with Crippen LogP contribution in [0.5, 0.6) is 0 Å². The first-order valence-corrected chi connectivity index (χ1v) is 3.60. The van der Waals surface area contributed by atoms with Gasteiger partial charge < -0.3 is 9.67 Å². The Labute approximate surface area is 90.0 Å². The molecule has 0 aliphatic heterocycles. The van der Waals surface area contributed by atoms with Crippen molar-refractivity contribution in [3.63, 3.8) is 0 Å². The summed E-state index contributed by atoms with van der Waals surface area (Å²) < 4.78 is 1.25. The molecule has 0 unspecified atom stereocenters. The molecule has 0 aliphatic rings. The van der Waals surface area contributed by atoms with Crippen LogP contribution in [-0.4, -0.2) is 15.6 Å². The SMILES string of the molecule is Br.N=c1ccc(Cl)cn1CC(=O)O. The number of nitrogens with one attached hydrogen (secondary N) is 1. The Bertz CT molecular complexity index is 364. The first-order chi connectivity index (χ1) is 5.59. The van der Waals surface area contributed by atoms with Gasteiger partial charge in [0.15, 0.2) is 0 Å². The number of carboxylic acids is 1. The molecule has 4 nitrogen and oxygen atoms in total. The van der Waals surface area contributed by atoms with E-state index in [1.54, 1.807) is 6.07 Å². The van der Waals surface area contributed by atoms with E-state index in [9.17, 15) is 4.79 Å². The molecule has 1 aromatic rings. The standard InChI is InChI=1S/C7H7ClN2O2.BrH/c8-5-1-2-6(9)10(3-5)4-7(11)12;/h1-3,9H,4H2,(H,11,12);1H. The Hall–Kier alpha value is -0.810. The van der Waals surface area contributed by atoms with Crippen LogP contribution in [0.15, 0.2) is 18.3 Å². The van der Waals surface area contributed by atoms with E-state index in [1.807, 2.05) is 0 Å². The van der Waals surface area contributed by atoms with Gasteiger partial charge in [-0.3, -0.25) is 10.2 Å². The monoisotopic (exact) mass is 266 g/mol. The van der Waals surface area contributed by atoms with Crippen molar-refractivity contribution < 1.29 is 9.90 Å². The van der Waals surface area contributed by atoms with Crippen molar-refractivity contribution in [1.29, 1.82) is 5.41 Å². The van der Waals surface area contributed by atoms with E-state index >= 15 is 0 Å². The smallest absolute Gasteiger partial charge is 0.323 e. The number of nitrogens with zero attached hydrogens (tertiary/aromatic N) is 1. The first-order valence-electron chi connectivity index (χ1n) is 3.22. The highest BCUT2D eigenvalue weighted by atomic mass is 79.9. The second-order valence-corrected chi connectivity index (χ2v) is 2.69. The lowest BCUT2D eigenvalue weighted by atomic mass is 10.4. The fraction of sp³-hybridized carbons (Fsp3) is 0.143. The minimum absolute atomic E-state index is 0. The van der Waals surface area contributed by atoms with Crippen LogP contribution in [0.3, 0.4) is 0 Å². The van der Waals surface area contributed by atoms with Gasteiger partial charge in [-0.05, 0) is 12.1 Å². The summed E-state index contributed by atoms with van der Waals surface area (Å²) in [5.74, 6) is -0.990. The van der Waals surface area contributed by atoms with E-state index in [1.165, 1.54) is 16.8 Å². The molecule has 6 heteroatoms. The molecule has 0 aromatic carbocycles. The third-order valence-corrected chi connectivity index (χ3v) is 1.52. The van der Waals surface area contributed by atoms with E-state index in [4.69, 9.17) is 22.1 Å². The average Bonchev–Trinajstić information content (AvgIpc) is 1.96. The highest BCUT2D eigenvalue weighted by Gasteiger charge is 1.99. The molecule has 0 spiro atoms. The van der Waals surface area contributed by atoms with Crippen molar-refractivity contribution in [2.24, 2.45) is 0 Å². The molecule has 0 saturated carbocycles. The van der Waals surface area contributed by atoms with Gasteiger partial charge in [0.05, 0.1) is 5.02 Å². The molecule has 13 heavy (non-hydrogen) atoms. The second kappa shape index (κ2) is 5.04. The van der Waals surface area contributed by atoms with E-state index < -0.39 is 5.97 Å². The lowest BCUT2D eigenvalue weighted by Gasteiger charge is -2.02. The molecule has 0 saturated heterocycles. The van der Waals surface area contributed by atoms with Gasteiger partial charge >= 0.3 is 5.97 Å². The maximum Gasteiger partial charge on any atom is 0.323 e. The molecule has 0 amide bonds. The van der Waals surface area contributed by atoms with E-state index in [-0.39, 0.29) is 29.0 Å². The number of hydrogen-bond acceptors (Lipinski definition) is 2. The fourth-order valence-corrected chi connectivity index (χ4v) is 0.973. The molecule has 1 aromatic heterocycles. The molecule has 0 radical (unpaired) electrons. The third kappa shape index (κ3) is 3.61. The molecule has 0 bridgehead atoms. The third-order valence-electron chi connectivity index (χ3n) is 1.29. The summed E-state index contributed by atoms with van der Waals surface area (Å²) >= 11 is 5.60. The van der Waals surface area contributed by atoms with Gasteiger partial charge in [-0.1, -0.05) is 11.6 Å². The van der Waals surface area contributed by atoms with Crippen LogP contribution in [0.4, 0.5) is 0 Å². The van der Waals surface area contributed by atoms with Crippen molar-refractivity contribution in [3.8, 4) is 0 Å². The predicted octanol–water partition coefficient (Wildman–Crippen LogP) is 1.28. The van der Waals surface area contributed by atoms with Crippen molar-refractivity contribution in [2.75, 3.05) is 0 Å². The molecular formula is C7H8BrClN2O2. The predicted molar refractivity (Wildman–Crippen MR) is 53.3 cm³/mol. The lowest BCUT2D eigenvalue weighted by Crippen LogP contribution is -2.22. The van der Waals surface area contributed by atoms with Crippen molar-refractivity contribution in [2.45, 2.75) is 6.54 Å². The maximum atomic E-state index is 10.3. The van der Waals surface area contributed by atoms with Crippen LogP contribution >= 0.6 is 28.6 Å². The second-order valence-electron chi connectivity index (χ2n) is 2.25. The Kier molecular flexibility index (Phi) is 4.72. The normalized spacial score (nSPS) is 9.00. The van der Waals surface area contributed by atoms with Gasteiger partial charge in [-0.25, -0.2) is 0 Å². The fourth-order valence-electron chi connectivity index (χ4n) is 0.792. The summed E-state index contributed by atoms with van der Waals surface area (Å²) in [6.07, 6.45) is 1.41. The highest BCUT2D eigenvalue weighted by Crippen LogP contribution is 2.02. The average molecular weight is 268 g/mol. The minimum atomic E-state index is -0.990. The van der Waals surface area contributed by atoms with Gasteiger partial charge in [-0.2, -0.15) is 0 Å². The number of pyridine rings is 1. The molecule has 72 valence electrons. The summed E-state index contributed by atoms with van der Waals surface area (Å²) in [6.45, 7) is -0.237. The van der Waals surface area contributed by atoms with Gasteiger partial charge in [-0.15, -0.1) is 17.0 Å². The van der Waals surface area contributed by atoms with Crippen LogP contribution in [0.2, 0.25) is 5.02 Å². The van der Waals surface area contributed by atoms with Crippen LogP contribution in [0.1, 0.15) is 0 Å². The molecule has 1 heterocycles. The van der Waals surface area contributed by atoms with Crippen molar-refractivity contribution in [3.05, 3.63) is 28.8 Å². The lowest BCUT2D eigenvalue weighted by molar-refractivity contribution is -0.137. The summed E-state index contributed by atoms with van der Waals surface area (Å²) in [7, 11) is 0. The molecule has 1 rings (SSSR count). The zero-order valence-electron chi connectivity index (χ0n) is 6.53.